The van der Waals surface area contributed by atoms with Crippen LogP contribution in [0.2, 0.25) is 0 Å². The van der Waals surface area contributed by atoms with Gasteiger partial charge in [0.05, 0.1) is 18.7 Å². The molecule has 0 bridgehead atoms. The molecule has 2 aromatic carbocycles. The van der Waals surface area contributed by atoms with E-state index in [9.17, 15) is 9.59 Å². The van der Waals surface area contributed by atoms with E-state index in [4.69, 9.17) is 0 Å². The van der Waals surface area contributed by atoms with Gasteiger partial charge in [-0.2, -0.15) is 0 Å². The van der Waals surface area contributed by atoms with Crippen molar-refractivity contribution >= 4 is 11.9 Å². The number of amides is 1. The van der Waals surface area contributed by atoms with Crippen LogP contribution in [0.4, 0.5) is 0 Å². The maximum Gasteiger partial charge on any atom is 0.337 e. The highest BCUT2D eigenvalue weighted by Gasteiger charge is 2.21. The summed E-state index contributed by atoms with van der Waals surface area (Å²) in [6.45, 7) is 0. The number of hydrogen-bond acceptors (Lipinski definition) is 3. The van der Waals surface area contributed by atoms with Gasteiger partial charge < -0.3 is 10.1 Å². The number of carbonyl (C=O) groups is 2. The van der Waals surface area contributed by atoms with Gasteiger partial charge >= 0.3 is 5.97 Å². The summed E-state index contributed by atoms with van der Waals surface area (Å²) in [5.41, 5.74) is 3.50. The summed E-state index contributed by atoms with van der Waals surface area (Å²) >= 11 is 0. The molecule has 1 atom stereocenters. The van der Waals surface area contributed by atoms with Gasteiger partial charge in [-0.3, -0.25) is 4.79 Å². The van der Waals surface area contributed by atoms with Crippen LogP contribution < -0.4 is 5.32 Å². The fraction of sp³-hybridized carbons (Fsp3) is 0.263. The molecule has 0 fully saturated rings. The van der Waals surface area contributed by atoms with Crippen LogP contribution in [0.15, 0.2) is 48.5 Å². The van der Waals surface area contributed by atoms with Gasteiger partial charge in [0, 0.05) is 5.56 Å². The molecule has 0 aromatic heterocycles. The van der Waals surface area contributed by atoms with E-state index in [-0.39, 0.29) is 11.9 Å². The van der Waals surface area contributed by atoms with Crippen molar-refractivity contribution in [3.05, 3.63) is 70.8 Å². The number of nitrogens with one attached hydrogen (secondary N) is 1. The monoisotopic (exact) mass is 309 g/mol. The minimum absolute atomic E-state index is 0.0488. The largest absolute Gasteiger partial charge is 0.465 e. The van der Waals surface area contributed by atoms with Crippen LogP contribution in [0.1, 0.15) is 50.7 Å². The number of fused-ring (bicyclic) bond motifs is 1. The van der Waals surface area contributed by atoms with Crippen molar-refractivity contribution in [2.45, 2.75) is 25.3 Å². The molecular formula is C19H19NO3. The van der Waals surface area contributed by atoms with Gasteiger partial charge in [0.1, 0.15) is 0 Å². The van der Waals surface area contributed by atoms with Gasteiger partial charge in [-0.15, -0.1) is 0 Å². The van der Waals surface area contributed by atoms with E-state index in [2.05, 4.69) is 22.2 Å². The first-order valence-corrected chi connectivity index (χ1v) is 7.76. The van der Waals surface area contributed by atoms with E-state index in [1.54, 1.807) is 24.3 Å². The number of carbonyl (C=O) groups excluding carboxylic acids is 2. The lowest BCUT2D eigenvalue weighted by Gasteiger charge is -2.26. The smallest absolute Gasteiger partial charge is 0.337 e. The van der Waals surface area contributed by atoms with Crippen molar-refractivity contribution in [2.75, 3.05) is 7.11 Å². The van der Waals surface area contributed by atoms with Crippen molar-refractivity contribution in [3.63, 3.8) is 0 Å². The Morgan fingerprint density at radius 3 is 2.48 bits per heavy atom. The fourth-order valence-electron chi connectivity index (χ4n) is 3.02. The second kappa shape index (κ2) is 6.65. The summed E-state index contributed by atoms with van der Waals surface area (Å²) in [6, 6.07) is 14.8. The van der Waals surface area contributed by atoms with Crippen LogP contribution in [0.3, 0.4) is 0 Å². The summed E-state index contributed by atoms with van der Waals surface area (Å²) in [6.07, 6.45) is 3.09. The molecule has 0 radical (unpaired) electrons. The molecule has 0 heterocycles. The number of methoxy groups -OCH3 is 1. The Hall–Kier alpha value is -2.62. The maximum atomic E-state index is 12.4. The highest BCUT2D eigenvalue weighted by molar-refractivity contribution is 5.96. The first kappa shape index (κ1) is 15.3. The third kappa shape index (κ3) is 3.26. The number of ether oxygens (including phenoxy) is 1. The van der Waals surface area contributed by atoms with Crippen LogP contribution in [-0.4, -0.2) is 19.0 Å². The summed E-state index contributed by atoms with van der Waals surface area (Å²) < 4.78 is 4.66. The standard InChI is InChI=1S/C19H19NO3/c1-23-19(22)15-11-9-14(10-12-15)18(21)20-17-8-4-6-13-5-2-3-7-16(13)17/h2-3,5,7,9-12,17H,4,6,8H2,1H3,(H,20,21)/t17-/m0/s1. The van der Waals surface area contributed by atoms with Crippen LogP contribution in [-0.2, 0) is 11.2 Å². The van der Waals surface area contributed by atoms with Crippen LogP contribution in [0.25, 0.3) is 0 Å². The summed E-state index contributed by atoms with van der Waals surface area (Å²) in [4.78, 5) is 23.9. The molecule has 0 saturated carbocycles. The molecule has 0 spiro atoms. The minimum atomic E-state index is -0.404. The molecule has 23 heavy (non-hydrogen) atoms. The molecule has 0 saturated heterocycles. The van der Waals surface area contributed by atoms with Gasteiger partial charge in [-0.05, 0) is 54.7 Å². The van der Waals surface area contributed by atoms with E-state index in [1.165, 1.54) is 18.2 Å². The third-order valence-corrected chi connectivity index (χ3v) is 4.24. The van der Waals surface area contributed by atoms with Crippen molar-refractivity contribution in [3.8, 4) is 0 Å². The Balaban J connectivity index is 1.74. The van der Waals surface area contributed by atoms with E-state index in [0.29, 0.717) is 11.1 Å². The third-order valence-electron chi connectivity index (χ3n) is 4.24. The molecule has 4 heteroatoms. The van der Waals surface area contributed by atoms with E-state index >= 15 is 0 Å². The highest BCUT2D eigenvalue weighted by atomic mass is 16.5. The summed E-state index contributed by atoms with van der Waals surface area (Å²) in [7, 11) is 1.34. The quantitative estimate of drug-likeness (QED) is 0.885. The molecular weight excluding hydrogens is 290 g/mol. The fourth-order valence-corrected chi connectivity index (χ4v) is 3.02. The summed E-state index contributed by atoms with van der Waals surface area (Å²) in [5.74, 6) is -0.527. The zero-order valence-corrected chi connectivity index (χ0v) is 13.0. The number of hydrogen-bond donors (Lipinski definition) is 1. The van der Waals surface area contributed by atoms with E-state index in [1.807, 2.05) is 12.1 Å². The zero-order valence-electron chi connectivity index (χ0n) is 13.0. The Bertz CT molecular complexity index is 722. The number of aryl methyl sites for hydroxylation is 1. The van der Waals surface area contributed by atoms with Crippen molar-refractivity contribution in [2.24, 2.45) is 0 Å². The van der Waals surface area contributed by atoms with E-state index < -0.39 is 5.97 Å². The number of rotatable bonds is 3. The maximum absolute atomic E-state index is 12.4. The van der Waals surface area contributed by atoms with Crippen molar-refractivity contribution in [1.29, 1.82) is 0 Å². The molecule has 1 aliphatic rings. The van der Waals surface area contributed by atoms with Gasteiger partial charge in [-0.25, -0.2) is 4.79 Å². The van der Waals surface area contributed by atoms with Crippen LogP contribution in [0.5, 0.6) is 0 Å². The summed E-state index contributed by atoms with van der Waals surface area (Å²) in [5, 5.41) is 3.10. The second-order valence-electron chi connectivity index (χ2n) is 5.69. The molecule has 4 nitrogen and oxygen atoms in total. The molecule has 1 aliphatic carbocycles. The molecule has 118 valence electrons. The topological polar surface area (TPSA) is 55.4 Å². The Morgan fingerprint density at radius 1 is 1.04 bits per heavy atom. The average Bonchev–Trinajstić information content (AvgIpc) is 2.61. The Morgan fingerprint density at radius 2 is 1.74 bits per heavy atom. The lowest BCUT2D eigenvalue weighted by molar-refractivity contribution is 0.0600. The molecule has 3 rings (SSSR count). The second-order valence-corrected chi connectivity index (χ2v) is 5.69. The molecule has 2 aromatic rings. The molecule has 1 N–H and O–H groups in total. The first-order chi connectivity index (χ1) is 11.2. The lowest BCUT2D eigenvalue weighted by Crippen LogP contribution is -2.31. The van der Waals surface area contributed by atoms with E-state index in [0.717, 1.165) is 19.3 Å². The normalized spacial score (nSPS) is 16.3. The number of esters is 1. The first-order valence-electron chi connectivity index (χ1n) is 7.76. The Labute approximate surface area is 135 Å². The highest BCUT2D eigenvalue weighted by Crippen LogP contribution is 2.29. The van der Waals surface area contributed by atoms with Crippen LogP contribution in [0, 0.1) is 0 Å². The predicted octanol–water partition coefficient (Wildman–Crippen LogP) is 3.28. The SMILES string of the molecule is COC(=O)c1ccc(C(=O)N[C@H]2CCCc3ccccc32)cc1. The lowest BCUT2D eigenvalue weighted by atomic mass is 9.87. The van der Waals surface area contributed by atoms with Crippen molar-refractivity contribution < 1.29 is 14.3 Å². The van der Waals surface area contributed by atoms with Gasteiger partial charge in [0.2, 0.25) is 0 Å². The molecule has 0 aliphatic heterocycles. The molecule has 1 amide bonds. The van der Waals surface area contributed by atoms with Crippen molar-refractivity contribution in [1.82, 2.24) is 5.32 Å². The van der Waals surface area contributed by atoms with Gasteiger partial charge in [0.15, 0.2) is 0 Å². The predicted molar refractivity (Wildman–Crippen MR) is 87.4 cm³/mol. The average molecular weight is 309 g/mol. The minimum Gasteiger partial charge on any atom is -0.465 e. The zero-order chi connectivity index (χ0) is 16.2. The molecule has 0 unspecified atom stereocenters. The van der Waals surface area contributed by atoms with Gasteiger partial charge in [-0.1, -0.05) is 24.3 Å². The number of benzene rings is 2. The van der Waals surface area contributed by atoms with Gasteiger partial charge in [0.25, 0.3) is 5.91 Å². The Kier molecular flexibility index (Phi) is 4.42. The van der Waals surface area contributed by atoms with Crippen LogP contribution >= 0.6 is 0 Å².